The predicted molar refractivity (Wildman–Crippen MR) is 69.1 cm³/mol. The lowest BCUT2D eigenvalue weighted by atomic mass is 10.3. The van der Waals surface area contributed by atoms with E-state index in [1.54, 1.807) is 4.68 Å². The lowest BCUT2D eigenvalue weighted by Crippen LogP contribution is -2.41. The van der Waals surface area contributed by atoms with Gasteiger partial charge in [0, 0.05) is 13.6 Å². The Hall–Kier alpha value is -2.12. The molecule has 8 nitrogen and oxygen atoms in total. The Labute approximate surface area is 112 Å². The van der Waals surface area contributed by atoms with Crippen LogP contribution in [0, 0.1) is 0 Å². The third-order valence-electron chi connectivity index (χ3n) is 2.60. The number of nitrogens with zero attached hydrogens (tertiary/aromatic N) is 4. The number of carbonyl (C=O) groups excluding carboxylic acids is 2. The van der Waals surface area contributed by atoms with E-state index >= 15 is 0 Å². The highest BCUT2D eigenvalue weighted by Crippen LogP contribution is 2.08. The quantitative estimate of drug-likeness (QED) is 0.749. The second-order valence-corrected chi connectivity index (χ2v) is 4.32. The average Bonchev–Trinajstić information content (AvgIpc) is 2.77. The number of amides is 3. The van der Waals surface area contributed by atoms with Crippen molar-refractivity contribution in [3.63, 3.8) is 0 Å². The average molecular weight is 268 g/mol. The van der Waals surface area contributed by atoms with Gasteiger partial charge < -0.3 is 16.0 Å². The Morgan fingerprint density at radius 1 is 1.58 bits per heavy atom. The summed E-state index contributed by atoms with van der Waals surface area (Å²) in [4.78, 5) is 27.8. The lowest BCUT2D eigenvalue weighted by Gasteiger charge is -2.17. The molecule has 0 saturated carbocycles. The first-order valence-corrected chi connectivity index (χ1v) is 6.13. The predicted octanol–water partition coefficient (Wildman–Crippen LogP) is -0.124. The van der Waals surface area contributed by atoms with Crippen molar-refractivity contribution < 1.29 is 9.59 Å². The minimum atomic E-state index is -0.642. The van der Waals surface area contributed by atoms with E-state index in [0.717, 1.165) is 17.9 Å². The number of rotatable bonds is 6. The summed E-state index contributed by atoms with van der Waals surface area (Å²) in [6.07, 6.45) is 2.39. The second kappa shape index (κ2) is 6.72. The van der Waals surface area contributed by atoms with Gasteiger partial charge in [-0.3, -0.25) is 4.79 Å². The molecule has 1 aromatic heterocycles. The molecule has 3 N–H and O–H groups in total. The van der Waals surface area contributed by atoms with Gasteiger partial charge >= 0.3 is 6.03 Å². The lowest BCUT2D eigenvalue weighted by molar-refractivity contribution is -0.122. The molecule has 0 radical (unpaired) electrons. The molecule has 1 aromatic rings. The van der Waals surface area contributed by atoms with Crippen LogP contribution in [0.2, 0.25) is 0 Å². The Balaban J connectivity index is 2.58. The molecule has 0 spiro atoms. The largest absolute Gasteiger partial charge is 0.351 e. The van der Waals surface area contributed by atoms with E-state index in [1.807, 2.05) is 13.8 Å². The number of primary amides is 1. The molecular weight excluding hydrogens is 248 g/mol. The van der Waals surface area contributed by atoms with Crippen molar-refractivity contribution in [3.8, 4) is 0 Å². The number of carbonyl (C=O) groups is 2. The summed E-state index contributed by atoms with van der Waals surface area (Å²) >= 11 is 0. The minimum absolute atomic E-state index is 0.0818. The van der Waals surface area contributed by atoms with Gasteiger partial charge in [0.15, 0.2) is 0 Å². The van der Waals surface area contributed by atoms with Crippen molar-refractivity contribution in [2.45, 2.75) is 32.9 Å². The zero-order valence-electron chi connectivity index (χ0n) is 11.5. The Kier molecular flexibility index (Phi) is 5.28. The zero-order chi connectivity index (χ0) is 14.4. The van der Waals surface area contributed by atoms with Gasteiger partial charge in [-0.1, -0.05) is 6.92 Å². The highest BCUT2D eigenvalue weighted by Gasteiger charge is 2.17. The third kappa shape index (κ3) is 4.23. The van der Waals surface area contributed by atoms with Crippen LogP contribution < -0.4 is 11.1 Å². The van der Waals surface area contributed by atoms with Crippen molar-refractivity contribution in [1.29, 1.82) is 0 Å². The monoisotopic (exact) mass is 268 g/mol. The third-order valence-corrected chi connectivity index (χ3v) is 2.60. The standard InChI is InChI=1S/C11H20N6O2/c1-4-5-17-10(13-7-14-17)8(2)15-9(18)6-16(3)11(12)19/h7-8H,4-6H2,1-3H3,(H2,12,19)(H,15,18). The van der Waals surface area contributed by atoms with Gasteiger partial charge in [-0.25, -0.2) is 14.5 Å². The molecule has 106 valence electrons. The summed E-state index contributed by atoms with van der Waals surface area (Å²) in [6, 6.07) is -0.917. The molecule has 0 fully saturated rings. The van der Waals surface area contributed by atoms with Gasteiger partial charge in [0.2, 0.25) is 5.91 Å². The molecule has 1 heterocycles. The van der Waals surface area contributed by atoms with Crippen LogP contribution in [0.5, 0.6) is 0 Å². The van der Waals surface area contributed by atoms with Crippen molar-refractivity contribution in [1.82, 2.24) is 25.0 Å². The minimum Gasteiger partial charge on any atom is -0.351 e. The van der Waals surface area contributed by atoms with Gasteiger partial charge in [0.05, 0.1) is 6.04 Å². The highest BCUT2D eigenvalue weighted by atomic mass is 16.2. The van der Waals surface area contributed by atoms with Gasteiger partial charge in [-0.05, 0) is 13.3 Å². The van der Waals surface area contributed by atoms with Gasteiger partial charge in [-0.15, -0.1) is 0 Å². The van der Waals surface area contributed by atoms with Crippen LogP contribution in [0.4, 0.5) is 4.79 Å². The fraction of sp³-hybridized carbons (Fsp3) is 0.636. The van der Waals surface area contributed by atoms with Crippen molar-refractivity contribution in [3.05, 3.63) is 12.2 Å². The molecule has 0 bridgehead atoms. The van der Waals surface area contributed by atoms with E-state index in [2.05, 4.69) is 15.4 Å². The maximum Gasteiger partial charge on any atom is 0.314 e. The van der Waals surface area contributed by atoms with E-state index in [-0.39, 0.29) is 18.5 Å². The normalized spacial score (nSPS) is 11.9. The molecule has 0 aliphatic rings. The number of hydrogen-bond donors (Lipinski definition) is 2. The van der Waals surface area contributed by atoms with Crippen LogP contribution in [0.25, 0.3) is 0 Å². The molecule has 1 rings (SSSR count). The fourth-order valence-corrected chi connectivity index (χ4v) is 1.64. The Morgan fingerprint density at radius 2 is 2.26 bits per heavy atom. The summed E-state index contributed by atoms with van der Waals surface area (Å²) in [5.74, 6) is 0.400. The Bertz CT molecular complexity index is 444. The number of likely N-dealkylation sites (N-methyl/N-ethyl adjacent to an activating group) is 1. The molecule has 8 heteroatoms. The van der Waals surface area contributed by atoms with E-state index < -0.39 is 6.03 Å². The summed E-state index contributed by atoms with van der Waals surface area (Å²) in [7, 11) is 1.46. The maximum atomic E-state index is 11.7. The topological polar surface area (TPSA) is 106 Å². The summed E-state index contributed by atoms with van der Waals surface area (Å²) in [5.41, 5.74) is 5.05. The summed E-state index contributed by atoms with van der Waals surface area (Å²) < 4.78 is 1.75. The molecule has 0 aliphatic carbocycles. The smallest absolute Gasteiger partial charge is 0.314 e. The van der Waals surface area contributed by atoms with Crippen LogP contribution in [-0.2, 0) is 11.3 Å². The maximum absolute atomic E-state index is 11.7. The SMILES string of the molecule is CCCn1ncnc1C(C)NC(=O)CN(C)C(N)=O. The number of urea groups is 1. The van der Waals surface area contributed by atoms with Gasteiger partial charge in [-0.2, -0.15) is 5.10 Å². The molecule has 3 amide bonds. The molecule has 1 atom stereocenters. The van der Waals surface area contributed by atoms with Gasteiger partial charge in [0.1, 0.15) is 18.7 Å². The van der Waals surface area contributed by atoms with E-state index in [9.17, 15) is 9.59 Å². The first kappa shape index (κ1) is 14.9. The first-order valence-electron chi connectivity index (χ1n) is 6.13. The number of aromatic nitrogens is 3. The van der Waals surface area contributed by atoms with Crippen LogP contribution in [0.1, 0.15) is 32.1 Å². The van der Waals surface area contributed by atoms with E-state index in [4.69, 9.17) is 5.73 Å². The summed E-state index contributed by atoms with van der Waals surface area (Å²) in [6.45, 7) is 4.52. The second-order valence-electron chi connectivity index (χ2n) is 4.32. The number of hydrogen-bond acceptors (Lipinski definition) is 4. The van der Waals surface area contributed by atoms with E-state index in [0.29, 0.717) is 5.82 Å². The van der Waals surface area contributed by atoms with Crippen molar-refractivity contribution in [2.24, 2.45) is 5.73 Å². The number of nitrogens with one attached hydrogen (secondary N) is 1. The molecule has 0 aromatic carbocycles. The molecule has 0 aliphatic heterocycles. The Morgan fingerprint density at radius 3 is 2.84 bits per heavy atom. The first-order chi connectivity index (χ1) is 8.95. The van der Waals surface area contributed by atoms with E-state index in [1.165, 1.54) is 13.4 Å². The summed E-state index contributed by atoms with van der Waals surface area (Å²) in [5, 5.41) is 6.85. The zero-order valence-corrected chi connectivity index (χ0v) is 11.5. The van der Waals surface area contributed by atoms with Crippen LogP contribution >= 0.6 is 0 Å². The molecule has 19 heavy (non-hydrogen) atoms. The highest BCUT2D eigenvalue weighted by molar-refractivity contribution is 5.83. The number of nitrogens with two attached hydrogens (primary N) is 1. The van der Waals surface area contributed by atoms with Crippen molar-refractivity contribution in [2.75, 3.05) is 13.6 Å². The molecule has 1 unspecified atom stereocenters. The van der Waals surface area contributed by atoms with Crippen LogP contribution in [0.3, 0.4) is 0 Å². The van der Waals surface area contributed by atoms with Crippen molar-refractivity contribution >= 4 is 11.9 Å². The number of aryl methyl sites for hydroxylation is 1. The fourth-order valence-electron chi connectivity index (χ4n) is 1.64. The molecule has 0 saturated heterocycles. The van der Waals surface area contributed by atoms with Crippen LogP contribution in [0.15, 0.2) is 6.33 Å². The van der Waals surface area contributed by atoms with Gasteiger partial charge in [0.25, 0.3) is 0 Å². The molecular formula is C11H20N6O2. The van der Waals surface area contributed by atoms with Crippen LogP contribution in [-0.4, -0.2) is 45.2 Å².